The van der Waals surface area contributed by atoms with Gasteiger partial charge >= 0.3 is 0 Å². The van der Waals surface area contributed by atoms with Crippen molar-refractivity contribution in [3.05, 3.63) is 114 Å². The number of phenolic OH excluding ortho intramolecular Hbond substituents is 1. The summed E-state index contributed by atoms with van der Waals surface area (Å²) in [5.41, 5.74) is 9.78. The van der Waals surface area contributed by atoms with Crippen molar-refractivity contribution in [1.29, 1.82) is 0 Å². The zero-order valence-corrected chi connectivity index (χ0v) is 25.1. The molecule has 0 unspecified atom stereocenters. The van der Waals surface area contributed by atoms with Crippen LogP contribution in [0.4, 0.5) is 0 Å². The summed E-state index contributed by atoms with van der Waals surface area (Å²) < 4.78 is 6.10. The molecule has 0 spiro atoms. The minimum Gasteiger partial charge on any atom is -0.507 e. The molecule has 6 rings (SSSR count). The van der Waals surface area contributed by atoms with Gasteiger partial charge in [0, 0.05) is 43.4 Å². The first kappa shape index (κ1) is 28.2. The Morgan fingerprint density at radius 3 is 2.33 bits per heavy atom. The Morgan fingerprint density at radius 2 is 1.59 bits per heavy atom. The maximum absolute atomic E-state index is 9.94. The summed E-state index contributed by atoms with van der Waals surface area (Å²) in [4.78, 5) is 8.85. The molecule has 0 aliphatic carbocycles. The fourth-order valence-corrected chi connectivity index (χ4v) is 4.86. The molecule has 0 bridgehead atoms. The molecule has 0 aliphatic rings. The Bertz CT molecular complexity index is 1740. The second-order valence-corrected chi connectivity index (χ2v) is 9.97. The number of rotatable bonds is 3. The number of pyridine rings is 2. The van der Waals surface area contributed by atoms with E-state index in [0.29, 0.717) is 11.7 Å². The molecule has 0 aliphatic heterocycles. The summed E-state index contributed by atoms with van der Waals surface area (Å²) in [6, 6.07) is 27.2. The van der Waals surface area contributed by atoms with Gasteiger partial charge in [0.25, 0.3) is 0 Å². The van der Waals surface area contributed by atoms with Gasteiger partial charge in [0.15, 0.2) is 0 Å². The van der Waals surface area contributed by atoms with Gasteiger partial charge in [-0.2, -0.15) is 0 Å². The van der Waals surface area contributed by atoms with Crippen molar-refractivity contribution >= 4 is 21.9 Å². The van der Waals surface area contributed by atoms with E-state index in [9.17, 15) is 5.11 Å². The quantitative estimate of drug-likeness (QED) is 0.188. The number of benzene rings is 3. The smallest absolute Gasteiger partial charge is 0.127 e. The number of nitrogens with zero attached hydrogens (tertiary/aromatic N) is 2. The molecule has 0 saturated heterocycles. The van der Waals surface area contributed by atoms with Crippen LogP contribution in [0.3, 0.4) is 0 Å². The van der Waals surface area contributed by atoms with Crippen LogP contribution in [0, 0.1) is 26.8 Å². The number of hydrogen-bond acceptors (Lipinski definition) is 4. The average molecular weight is 692 g/mol. The van der Waals surface area contributed by atoms with E-state index >= 15 is 0 Å². The van der Waals surface area contributed by atoms with Gasteiger partial charge in [0.2, 0.25) is 0 Å². The predicted octanol–water partition coefficient (Wildman–Crippen LogP) is 8.95. The van der Waals surface area contributed by atoms with Crippen molar-refractivity contribution in [2.24, 2.45) is 0 Å². The zero-order chi connectivity index (χ0) is 26.8. The Hall–Kier alpha value is -3.79. The van der Waals surface area contributed by atoms with Gasteiger partial charge in [-0.1, -0.05) is 61.2 Å². The van der Waals surface area contributed by atoms with Gasteiger partial charge in [-0.05, 0) is 78.9 Å². The molecule has 39 heavy (non-hydrogen) atoms. The molecule has 3 aromatic carbocycles. The molecule has 0 saturated carbocycles. The first-order valence-corrected chi connectivity index (χ1v) is 12.8. The maximum atomic E-state index is 9.94. The first-order chi connectivity index (χ1) is 18.3. The number of phenols is 1. The second kappa shape index (κ2) is 11.9. The van der Waals surface area contributed by atoms with Crippen LogP contribution < -0.4 is 0 Å². The summed E-state index contributed by atoms with van der Waals surface area (Å²) in [5, 5.41) is 12.2. The topological polar surface area (TPSA) is 59.2 Å². The van der Waals surface area contributed by atoms with Crippen molar-refractivity contribution in [2.45, 2.75) is 40.5 Å². The van der Waals surface area contributed by atoms with Gasteiger partial charge < -0.3 is 14.5 Å². The minimum atomic E-state index is 0. The summed E-state index contributed by atoms with van der Waals surface area (Å²) in [6.45, 7) is 10.4. The van der Waals surface area contributed by atoms with Gasteiger partial charge in [0.05, 0.1) is 11.3 Å². The second-order valence-electron chi connectivity index (χ2n) is 9.97. The van der Waals surface area contributed by atoms with E-state index in [0.717, 1.165) is 55.6 Å². The largest absolute Gasteiger partial charge is 0.507 e. The Balaban J connectivity index is 0.000000192. The number of fused-ring (bicyclic) bond motifs is 3. The molecule has 1 radical (unpaired) electrons. The molecule has 3 heterocycles. The van der Waals surface area contributed by atoms with Gasteiger partial charge in [-0.3, -0.25) is 4.98 Å². The van der Waals surface area contributed by atoms with Crippen LogP contribution in [0.2, 0.25) is 0 Å². The predicted molar refractivity (Wildman–Crippen MR) is 155 cm³/mol. The van der Waals surface area contributed by atoms with Crippen LogP contribution in [-0.4, -0.2) is 15.1 Å². The minimum absolute atomic E-state index is 0. The number of aromatic hydroxyl groups is 1. The summed E-state index contributed by atoms with van der Waals surface area (Å²) in [5.74, 6) is 0.783. The molecule has 3 aromatic heterocycles. The Kier molecular flexibility index (Phi) is 8.64. The van der Waals surface area contributed by atoms with E-state index in [2.05, 4.69) is 55.0 Å². The van der Waals surface area contributed by atoms with Crippen LogP contribution in [0.1, 0.15) is 42.0 Å². The van der Waals surface area contributed by atoms with Crippen LogP contribution in [-0.2, 0) is 20.1 Å². The monoisotopic (exact) mass is 692 g/mol. The summed E-state index contributed by atoms with van der Waals surface area (Å²) >= 11 is 0. The average Bonchev–Trinajstić information content (AvgIpc) is 3.31. The maximum Gasteiger partial charge on any atom is 0.127 e. The normalized spacial score (nSPS) is 10.8. The summed E-state index contributed by atoms with van der Waals surface area (Å²) in [7, 11) is 0. The molecule has 6 aromatic rings. The van der Waals surface area contributed by atoms with Crippen molar-refractivity contribution in [2.75, 3.05) is 0 Å². The number of aromatic nitrogens is 2. The van der Waals surface area contributed by atoms with E-state index in [1.54, 1.807) is 6.20 Å². The summed E-state index contributed by atoms with van der Waals surface area (Å²) in [6.07, 6.45) is 3.67. The SMILES string of the molecule is Cc1cc(C)c(O)c(-c2ccccn2)c1.Cc1cnc(-c2[c-]ccc3c2oc2ccccc23)cc1C(C)C.[Ir]. The van der Waals surface area contributed by atoms with Crippen molar-refractivity contribution in [3.8, 4) is 28.3 Å². The Labute approximate surface area is 243 Å². The van der Waals surface area contributed by atoms with E-state index in [1.807, 2.05) is 74.6 Å². The van der Waals surface area contributed by atoms with E-state index in [4.69, 9.17) is 4.42 Å². The molecule has 4 nitrogen and oxygen atoms in total. The molecular formula is C34H31IrN2O2-. The molecule has 0 atom stereocenters. The Morgan fingerprint density at radius 1 is 0.821 bits per heavy atom. The van der Waals surface area contributed by atoms with E-state index in [-0.39, 0.29) is 20.1 Å². The van der Waals surface area contributed by atoms with Crippen LogP contribution in [0.25, 0.3) is 44.5 Å². The van der Waals surface area contributed by atoms with Gasteiger partial charge in [0.1, 0.15) is 11.3 Å². The van der Waals surface area contributed by atoms with Crippen LogP contribution in [0.15, 0.2) is 89.6 Å². The van der Waals surface area contributed by atoms with Crippen molar-refractivity contribution in [1.82, 2.24) is 9.97 Å². The standard InChI is InChI=1S/C21H18NO.C13H13NO.Ir/c1-13(2)18-11-19(22-12-14(18)3)17-9-6-8-16-15-7-4-5-10-20(15)23-21(16)17;1-9-7-10(2)13(15)11(8-9)12-5-3-4-6-14-12;/h4-8,10-13H,1-3H3;3-8,15H,1-2H3;/q-1;;. The first-order valence-electron chi connectivity index (χ1n) is 12.8. The number of furan rings is 1. The van der Waals surface area contributed by atoms with E-state index in [1.165, 1.54) is 11.1 Å². The van der Waals surface area contributed by atoms with Crippen LogP contribution in [0.5, 0.6) is 5.75 Å². The zero-order valence-electron chi connectivity index (χ0n) is 22.7. The third-order valence-electron chi connectivity index (χ3n) is 6.75. The third kappa shape index (κ3) is 5.80. The number of aryl methyl sites for hydroxylation is 3. The molecule has 5 heteroatoms. The molecule has 0 amide bonds. The van der Waals surface area contributed by atoms with Crippen LogP contribution >= 0.6 is 0 Å². The number of para-hydroxylation sites is 1. The fourth-order valence-electron chi connectivity index (χ4n) is 4.86. The van der Waals surface area contributed by atoms with Gasteiger partial charge in [-0.25, -0.2) is 0 Å². The van der Waals surface area contributed by atoms with Crippen molar-refractivity contribution < 1.29 is 29.6 Å². The molecule has 199 valence electrons. The fraction of sp³-hybridized carbons (Fsp3) is 0.176. The molecule has 0 fully saturated rings. The number of hydrogen-bond donors (Lipinski definition) is 1. The molecular weight excluding hydrogens is 661 g/mol. The van der Waals surface area contributed by atoms with Gasteiger partial charge in [-0.15, -0.1) is 18.2 Å². The third-order valence-corrected chi connectivity index (χ3v) is 6.75. The van der Waals surface area contributed by atoms with Crippen molar-refractivity contribution in [3.63, 3.8) is 0 Å². The molecule has 1 N–H and O–H groups in total. The van der Waals surface area contributed by atoms with E-state index < -0.39 is 0 Å².